The van der Waals surface area contributed by atoms with Crippen molar-refractivity contribution in [2.24, 2.45) is 0 Å². The van der Waals surface area contributed by atoms with E-state index < -0.39 is 0 Å². The van der Waals surface area contributed by atoms with Gasteiger partial charge in [-0.3, -0.25) is 4.79 Å². The van der Waals surface area contributed by atoms with Crippen molar-refractivity contribution in [3.63, 3.8) is 0 Å². The van der Waals surface area contributed by atoms with Gasteiger partial charge in [0.05, 0.1) is 0 Å². The van der Waals surface area contributed by atoms with E-state index in [2.05, 4.69) is 9.72 Å². The molecular formula is C8H8ClNO2. The maximum atomic E-state index is 9.88. The summed E-state index contributed by atoms with van der Waals surface area (Å²) in [6, 6.07) is 3.48. The second-order valence-electron chi connectivity index (χ2n) is 2.35. The molecule has 0 fully saturated rings. The van der Waals surface area contributed by atoms with Gasteiger partial charge in [0.15, 0.2) is 0 Å². The smallest absolute Gasteiger partial charge is 0.293 e. The van der Waals surface area contributed by atoms with Crippen molar-refractivity contribution in [1.82, 2.24) is 4.98 Å². The molecule has 0 amide bonds. The Morgan fingerprint density at radius 2 is 2.42 bits per heavy atom. The number of hydrogen-bond acceptors (Lipinski definition) is 3. The van der Waals surface area contributed by atoms with E-state index >= 15 is 0 Å². The van der Waals surface area contributed by atoms with E-state index in [0.29, 0.717) is 11.6 Å². The van der Waals surface area contributed by atoms with Crippen LogP contribution in [0.25, 0.3) is 0 Å². The summed E-state index contributed by atoms with van der Waals surface area (Å²) in [5, 5.41) is 0.416. The molecule has 0 radical (unpaired) electrons. The van der Waals surface area contributed by atoms with Crippen LogP contribution in [-0.2, 0) is 16.1 Å². The van der Waals surface area contributed by atoms with Gasteiger partial charge in [0.2, 0.25) is 0 Å². The van der Waals surface area contributed by atoms with Gasteiger partial charge in [0.1, 0.15) is 11.8 Å². The lowest BCUT2D eigenvalue weighted by Crippen LogP contribution is -1.92. The van der Waals surface area contributed by atoms with E-state index in [1.54, 1.807) is 6.07 Å². The summed E-state index contributed by atoms with van der Waals surface area (Å²) in [6.07, 6.45) is 0. The summed E-state index contributed by atoms with van der Waals surface area (Å²) >= 11 is 5.67. The molecule has 0 aliphatic carbocycles. The van der Waals surface area contributed by atoms with Crippen LogP contribution in [0.5, 0.6) is 0 Å². The highest BCUT2D eigenvalue weighted by molar-refractivity contribution is 6.29. The van der Waals surface area contributed by atoms with Crippen molar-refractivity contribution in [2.45, 2.75) is 13.5 Å². The third kappa shape index (κ3) is 2.51. The van der Waals surface area contributed by atoms with Gasteiger partial charge in [0, 0.05) is 5.69 Å². The number of carbonyl (C=O) groups excluding carboxylic acids is 1. The number of rotatable bonds is 3. The lowest BCUT2D eigenvalue weighted by atomic mass is 10.2. The van der Waals surface area contributed by atoms with Crippen LogP contribution < -0.4 is 0 Å². The molecule has 0 N–H and O–H groups in total. The van der Waals surface area contributed by atoms with Crippen molar-refractivity contribution in [1.29, 1.82) is 0 Å². The van der Waals surface area contributed by atoms with Crippen LogP contribution in [0.2, 0.25) is 5.15 Å². The average molecular weight is 186 g/mol. The molecule has 0 saturated heterocycles. The fourth-order valence-electron chi connectivity index (χ4n) is 0.910. The molecule has 0 unspecified atom stereocenters. The Morgan fingerprint density at radius 1 is 1.67 bits per heavy atom. The second-order valence-corrected chi connectivity index (χ2v) is 2.73. The van der Waals surface area contributed by atoms with Crippen LogP contribution in [0.4, 0.5) is 0 Å². The van der Waals surface area contributed by atoms with E-state index in [-0.39, 0.29) is 6.61 Å². The summed E-state index contributed by atoms with van der Waals surface area (Å²) in [4.78, 5) is 13.8. The molecule has 0 aliphatic rings. The van der Waals surface area contributed by atoms with Gasteiger partial charge in [-0.2, -0.15) is 0 Å². The molecule has 64 valence electrons. The van der Waals surface area contributed by atoms with Gasteiger partial charge in [0.25, 0.3) is 6.47 Å². The van der Waals surface area contributed by atoms with E-state index in [4.69, 9.17) is 11.6 Å². The average Bonchev–Trinajstić information content (AvgIpc) is 1.99. The Bertz CT molecular complexity index is 268. The second kappa shape index (κ2) is 4.07. The fourth-order valence-corrected chi connectivity index (χ4v) is 1.18. The standard InChI is InChI=1S/C8H8ClNO2/c1-6-2-7(4-12-5-11)3-8(9)10-6/h2-3,5H,4H2,1H3. The molecule has 1 heterocycles. The molecular weight excluding hydrogens is 178 g/mol. The first-order valence-electron chi connectivity index (χ1n) is 3.40. The van der Waals surface area contributed by atoms with Gasteiger partial charge < -0.3 is 4.74 Å². The monoisotopic (exact) mass is 185 g/mol. The Labute approximate surface area is 75.3 Å². The van der Waals surface area contributed by atoms with Crippen LogP contribution in [0, 0.1) is 6.92 Å². The van der Waals surface area contributed by atoms with E-state index in [9.17, 15) is 4.79 Å². The number of aromatic nitrogens is 1. The Kier molecular flexibility index (Phi) is 3.05. The van der Waals surface area contributed by atoms with Gasteiger partial charge in [-0.1, -0.05) is 11.6 Å². The number of halogens is 1. The SMILES string of the molecule is Cc1cc(COC=O)cc(Cl)n1. The normalized spacial score (nSPS) is 9.50. The number of aryl methyl sites for hydroxylation is 1. The molecule has 0 spiro atoms. The fraction of sp³-hybridized carbons (Fsp3) is 0.250. The molecule has 0 aliphatic heterocycles. The quantitative estimate of drug-likeness (QED) is 0.532. The molecule has 1 aromatic heterocycles. The van der Waals surface area contributed by atoms with Gasteiger partial charge in [-0.25, -0.2) is 4.98 Å². The summed E-state index contributed by atoms with van der Waals surface area (Å²) in [5.41, 5.74) is 1.66. The van der Waals surface area contributed by atoms with E-state index in [0.717, 1.165) is 11.3 Å². The topological polar surface area (TPSA) is 39.2 Å². The lowest BCUT2D eigenvalue weighted by Gasteiger charge is -2.00. The van der Waals surface area contributed by atoms with Crippen molar-refractivity contribution in [3.8, 4) is 0 Å². The molecule has 12 heavy (non-hydrogen) atoms. The first-order chi connectivity index (χ1) is 5.72. The molecule has 4 heteroatoms. The highest BCUT2D eigenvalue weighted by Gasteiger charge is 1.97. The van der Waals surface area contributed by atoms with E-state index in [1.807, 2.05) is 13.0 Å². The van der Waals surface area contributed by atoms with Crippen LogP contribution in [0.3, 0.4) is 0 Å². The Balaban J connectivity index is 2.78. The summed E-state index contributed by atoms with van der Waals surface area (Å²) in [5.74, 6) is 0. The van der Waals surface area contributed by atoms with Crippen molar-refractivity contribution < 1.29 is 9.53 Å². The summed E-state index contributed by atoms with van der Waals surface area (Å²) in [7, 11) is 0. The predicted molar refractivity (Wildman–Crippen MR) is 44.8 cm³/mol. The van der Waals surface area contributed by atoms with Gasteiger partial charge >= 0.3 is 0 Å². The number of nitrogens with zero attached hydrogens (tertiary/aromatic N) is 1. The molecule has 0 aromatic carbocycles. The lowest BCUT2D eigenvalue weighted by molar-refractivity contribution is -0.129. The zero-order chi connectivity index (χ0) is 8.97. The minimum Gasteiger partial charge on any atom is -0.463 e. The summed E-state index contributed by atoms with van der Waals surface area (Å²) in [6.45, 7) is 2.48. The highest BCUT2D eigenvalue weighted by Crippen LogP contribution is 2.10. The Hall–Kier alpha value is -1.09. The maximum Gasteiger partial charge on any atom is 0.293 e. The summed E-state index contributed by atoms with van der Waals surface area (Å²) < 4.78 is 4.56. The molecule has 1 aromatic rings. The van der Waals surface area contributed by atoms with Crippen molar-refractivity contribution in [2.75, 3.05) is 0 Å². The zero-order valence-corrected chi connectivity index (χ0v) is 7.34. The predicted octanol–water partition coefficient (Wildman–Crippen LogP) is 1.72. The molecule has 1 rings (SSSR count). The van der Waals surface area contributed by atoms with Crippen molar-refractivity contribution in [3.05, 3.63) is 28.5 Å². The Morgan fingerprint density at radius 3 is 3.00 bits per heavy atom. The van der Waals surface area contributed by atoms with Crippen LogP contribution in [-0.4, -0.2) is 11.5 Å². The molecule has 0 saturated carbocycles. The third-order valence-corrected chi connectivity index (χ3v) is 1.49. The number of hydrogen-bond donors (Lipinski definition) is 0. The van der Waals surface area contributed by atoms with Crippen LogP contribution >= 0.6 is 11.6 Å². The van der Waals surface area contributed by atoms with E-state index in [1.165, 1.54) is 0 Å². The van der Waals surface area contributed by atoms with Crippen molar-refractivity contribution >= 4 is 18.1 Å². The maximum absolute atomic E-state index is 9.88. The molecule has 0 atom stereocenters. The van der Waals surface area contributed by atoms with Gasteiger partial charge in [-0.15, -0.1) is 0 Å². The minimum absolute atomic E-state index is 0.243. The van der Waals surface area contributed by atoms with Crippen LogP contribution in [0.15, 0.2) is 12.1 Å². The third-order valence-electron chi connectivity index (χ3n) is 1.30. The highest BCUT2D eigenvalue weighted by atomic mass is 35.5. The molecule has 0 bridgehead atoms. The largest absolute Gasteiger partial charge is 0.463 e. The first kappa shape index (κ1) is 9.00. The first-order valence-corrected chi connectivity index (χ1v) is 3.78. The molecule has 3 nitrogen and oxygen atoms in total. The zero-order valence-electron chi connectivity index (χ0n) is 6.58. The number of ether oxygens (including phenoxy) is 1. The van der Waals surface area contributed by atoms with Crippen LogP contribution in [0.1, 0.15) is 11.3 Å². The number of pyridine rings is 1. The van der Waals surface area contributed by atoms with Gasteiger partial charge in [-0.05, 0) is 24.6 Å². The number of carbonyl (C=O) groups is 1. The minimum atomic E-state index is 0.243.